The fourth-order valence-electron chi connectivity index (χ4n) is 0.615. The molecule has 1 aromatic heterocycles. The van der Waals surface area contributed by atoms with E-state index in [1.54, 1.807) is 19.1 Å². The normalized spacial score (nSPS) is 10.3. The van der Waals surface area contributed by atoms with E-state index in [9.17, 15) is 0 Å². The van der Waals surface area contributed by atoms with E-state index in [0.717, 1.165) is 0 Å². The maximum Gasteiger partial charge on any atom is 0.243 e. The minimum absolute atomic E-state index is 0.0758. The quantitative estimate of drug-likeness (QED) is 0.636. The summed E-state index contributed by atoms with van der Waals surface area (Å²) in [5.74, 6) is 0.428. The predicted molar refractivity (Wildman–Crippen MR) is 46.6 cm³/mol. The first-order chi connectivity index (χ1) is 5.58. The Hall–Kier alpha value is -1.14. The van der Waals surface area contributed by atoms with E-state index in [1.165, 1.54) is 0 Å². The number of halogens is 1. The van der Waals surface area contributed by atoms with Crippen LogP contribution in [0.3, 0.4) is 0 Å². The lowest BCUT2D eigenvalue weighted by Gasteiger charge is -2.10. The molecule has 0 aliphatic rings. The highest BCUT2D eigenvalue weighted by Gasteiger charge is 2.01. The summed E-state index contributed by atoms with van der Waals surface area (Å²) in [4.78, 5) is 11.2. The third kappa shape index (κ3) is 2.48. The monoisotopic (exact) mass is 188 g/mol. The van der Waals surface area contributed by atoms with Crippen LogP contribution in [0.2, 0.25) is 5.28 Å². The van der Waals surface area contributed by atoms with Crippen molar-refractivity contribution in [1.29, 1.82) is 0 Å². The third-order valence-corrected chi connectivity index (χ3v) is 1.12. The first-order valence-electron chi connectivity index (χ1n) is 3.19. The molecule has 0 radical (unpaired) electrons. The van der Waals surface area contributed by atoms with Gasteiger partial charge in [0.05, 0.1) is 0 Å². The summed E-state index contributed by atoms with van der Waals surface area (Å²) < 4.78 is 0. The van der Waals surface area contributed by atoms with E-state index in [2.05, 4.69) is 20.4 Å². The lowest BCUT2D eigenvalue weighted by atomic mass is 10.9. The molecule has 0 bridgehead atoms. The van der Waals surface area contributed by atoms with Gasteiger partial charge in [0, 0.05) is 14.1 Å². The van der Waals surface area contributed by atoms with E-state index >= 15 is 0 Å². The molecule has 1 heterocycles. The van der Waals surface area contributed by atoms with Crippen LogP contribution in [0.5, 0.6) is 0 Å². The number of rotatable bonds is 2. The Morgan fingerprint density at radius 1 is 1.33 bits per heavy atom. The summed E-state index contributed by atoms with van der Waals surface area (Å²) in [7, 11) is 3.60. The van der Waals surface area contributed by atoms with E-state index in [1.807, 2.05) is 0 Å². The Labute approximate surface area is 74.7 Å². The Kier molecular flexibility index (Phi) is 2.61. The van der Waals surface area contributed by atoms with Gasteiger partial charge in [-0.1, -0.05) is 0 Å². The molecule has 0 spiro atoms. The largest absolute Gasteiger partial charge is 0.368 e. The third-order valence-electron chi connectivity index (χ3n) is 0.949. The number of hydrogen-bond donors (Lipinski definition) is 2. The Bertz CT molecular complexity index is 254. The van der Waals surface area contributed by atoms with Crippen LogP contribution in [0.25, 0.3) is 0 Å². The van der Waals surface area contributed by atoms with Crippen molar-refractivity contribution >= 4 is 23.5 Å². The molecule has 0 aliphatic carbocycles. The first kappa shape index (κ1) is 8.95. The summed E-state index contributed by atoms with van der Waals surface area (Å²) in [6.07, 6.45) is 0. The maximum absolute atomic E-state index is 5.53. The van der Waals surface area contributed by atoms with Gasteiger partial charge < -0.3 is 5.73 Å². The van der Waals surface area contributed by atoms with Crippen LogP contribution in [0.4, 0.5) is 11.9 Å². The standard InChI is InChI=1S/C5H9ClN6/c1-12(2)11-5-9-3(6)8-4(7)10-5/h1-2H3,(H3,7,8,9,10,11). The zero-order chi connectivity index (χ0) is 9.14. The number of nitrogens with zero attached hydrogens (tertiary/aromatic N) is 4. The summed E-state index contributed by atoms with van der Waals surface area (Å²) in [5, 5.41) is 1.75. The van der Waals surface area contributed by atoms with Crippen molar-refractivity contribution in [3.05, 3.63) is 5.28 Å². The molecule has 0 unspecified atom stereocenters. The van der Waals surface area contributed by atoms with Crippen molar-refractivity contribution in [1.82, 2.24) is 20.0 Å². The molecule has 6 nitrogen and oxygen atoms in total. The van der Waals surface area contributed by atoms with E-state index in [0.29, 0.717) is 5.95 Å². The van der Waals surface area contributed by atoms with Crippen LogP contribution in [0.1, 0.15) is 0 Å². The van der Waals surface area contributed by atoms with Crippen molar-refractivity contribution in [3.63, 3.8) is 0 Å². The molecule has 1 aromatic rings. The van der Waals surface area contributed by atoms with Gasteiger partial charge in [0.2, 0.25) is 17.2 Å². The number of nitrogens with one attached hydrogen (secondary N) is 1. The highest BCUT2D eigenvalue weighted by atomic mass is 35.5. The summed E-state index contributed by atoms with van der Waals surface area (Å²) in [5.41, 5.74) is 8.12. The van der Waals surface area contributed by atoms with Crippen LogP contribution in [-0.2, 0) is 0 Å². The highest BCUT2D eigenvalue weighted by Crippen LogP contribution is 2.06. The number of hydrogen-bond acceptors (Lipinski definition) is 6. The van der Waals surface area contributed by atoms with Crippen molar-refractivity contribution in [2.24, 2.45) is 0 Å². The molecule has 0 fully saturated rings. The lowest BCUT2D eigenvalue weighted by Crippen LogP contribution is -2.21. The van der Waals surface area contributed by atoms with Crippen LogP contribution < -0.4 is 11.2 Å². The van der Waals surface area contributed by atoms with Crippen LogP contribution in [0, 0.1) is 0 Å². The second-order valence-corrected chi connectivity index (χ2v) is 2.63. The minimum atomic E-state index is 0.0758. The van der Waals surface area contributed by atoms with Gasteiger partial charge in [-0.05, 0) is 11.6 Å². The minimum Gasteiger partial charge on any atom is -0.368 e. The average molecular weight is 189 g/mol. The highest BCUT2D eigenvalue weighted by molar-refractivity contribution is 6.28. The van der Waals surface area contributed by atoms with E-state index < -0.39 is 0 Å². The SMILES string of the molecule is CN(C)Nc1nc(N)nc(Cl)n1. The van der Waals surface area contributed by atoms with Gasteiger partial charge in [-0.2, -0.15) is 15.0 Å². The van der Waals surface area contributed by atoms with Gasteiger partial charge in [0.15, 0.2) is 0 Å². The molecule has 1 rings (SSSR count). The smallest absolute Gasteiger partial charge is 0.243 e. The number of anilines is 2. The maximum atomic E-state index is 5.53. The summed E-state index contributed by atoms with van der Waals surface area (Å²) >= 11 is 5.53. The van der Waals surface area contributed by atoms with Crippen LogP contribution >= 0.6 is 11.6 Å². The van der Waals surface area contributed by atoms with Crippen LogP contribution in [0.15, 0.2) is 0 Å². The first-order valence-corrected chi connectivity index (χ1v) is 3.57. The fourth-order valence-corrected chi connectivity index (χ4v) is 0.782. The molecular formula is C5H9ClN6. The van der Waals surface area contributed by atoms with Gasteiger partial charge in [-0.3, -0.25) is 5.43 Å². The molecule has 3 N–H and O–H groups in total. The van der Waals surface area contributed by atoms with E-state index in [4.69, 9.17) is 17.3 Å². The zero-order valence-corrected chi connectivity index (χ0v) is 7.50. The molecule has 0 amide bonds. The van der Waals surface area contributed by atoms with Crippen LogP contribution in [-0.4, -0.2) is 34.1 Å². The van der Waals surface area contributed by atoms with Gasteiger partial charge in [0.1, 0.15) is 0 Å². The number of hydrazine groups is 1. The Balaban J connectivity index is 2.85. The molecule has 0 atom stereocenters. The molecule has 7 heteroatoms. The molecule has 0 aromatic carbocycles. The van der Waals surface area contributed by atoms with Gasteiger partial charge >= 0.3 is 0 Å². The average Bonchev–Trinajstić information content (AvgIpc) is 1.81. The topological polar surface area (TPSA) is 80.0 Å². The lowest BCUT2D eigenvalue weighted by molar-refractivity contribution is 0.488. The zero-order valence-electron chi connectivity index (χ0n) is 6.74. The second-order valence-electron chi connectivity index (χ2n) is 2.29. The molecule has 0 aliphatic heterocycles. The summed E-state index contributed by atoms with van der Waals surface area (Å²) in [6, 6.07) is 0. The number of nitrogen functional groups attached to an aromatic ring is 1. The second kappa shape index (κ2) is 3.51. The summed E-state index contributed by atoms with van der Waals surface area (Å²) in [6.45, 7) is 0. The van der Waals surface area contributed by atoms with Crippen molar-refractivity contribution in [2.75, 3.05) is 25.3 Å². The number of nitrogens with two attached hydrogens (primary N) is 1. The fraction of sp³-hybridized carbons (Fsp3) is 0.400. The Morgan fingerprint density at radius 3 is 2.50 bits per heavy atom. The molecular weight excluding hydrogens is 180 g/mol. The molecule has 0 saturated heterocycles. The molecule has 0 saturated carbocycles. The van der Waals surface area contributed by atoms with Crippen molar-refractivity contribution in [3.8, 4) is 0 Å². The van der Waals surface area contributed by atoms with E-state index in [-0.39, 0.29) is 11.2 Å². The van der Waals surface area contributed by atoms with Gasteiger partial charge in [-0.25, -0.2) is 5.01 Å². The van der Waals surface area contributed by atoms with Crippen molar-refractivity contribution in [2.45, 2.75) is 0 Å². The number of aromatic nitrogens is 3. The van der Waals surface area contributed by atoms with Gasteiger partial charge in [-0.15, -0.1) is 0 Å². The van der Waals surface area contributed by atoms with Gasteiger partial charge in [0.25, 0.3) is 0 Å². The Morgan fingerprint density at radius 2 is 2.00 bits per heavy atom. The molecule has 12 heavy (non-hydrogen) atoms. The van der Waals surface area contributed by atoms with Crippen molar-refractivity contribution < 1.29 is 0 Å². The predicted octanol–water partition coefficient (Wildman–Crippen LogP) is -0.00430. The molecule has 66 valence electrons.